The largest absolute Gasteiger partial charge is 0.354 e. The van der Waals surface area contributed by atoms with Gasteiger partial charge in [0, 0.05) is 31.3 Å². The molecule has 0 bridgehead atoms. The lowest BCUT2D eigenvalue weighted by molar-refractivity contribution is 0.794. The number of pyridine rings is 1. The van der Waals surface area contributed by atoms with Crippen LogP contribution in [-0.2, 0) is 6.42 Å². The monoisotopic (exact) mass is 301 g/mol. The Kier molecular flexibility index (Phi) is 4.02. The third kappa shape index (κ3) is 3.51. The predicted molar refractivity (Wildman–Crippen MR) is 78.4 cm³/mol. The second kappa shape index (κ2) is 6.27. The molecule has 0 saturated carbocycles. The van der Waals surface area contributed by atoms with E-state index in [2.05, 4.69) is 30.4 Å². The number of nitrogens with one attached hydrogen (secondary N) is 1. The van der Waals surface area contributed by atoms with Crippen LogP contribution < -0.4 is 5.32 Å². The van der Waals surface area contributed by atoms with Crippen LogP contribution in [0.2, 0.25) is 5.28 Å². The molecule has 0 atom stereocenters. The standard InChI is InChI=1S/C13H12ClN7/c14-11-18-12(16-7-4-10-3-1-5-15-9-10)20-13(19-11)21-8-2-6-17-21/h1-3,5-6,8-9H,4,7H2,(H,16,18,19,20). The zero-order chi connectivity index (χ0) is 14.5. The van der Waals surface area contributed by atoms with Gasteiger partial charge in [-0.05, 0) is 35.7 Å². The first-order valence-corrected chi connectivity index (χ1v) is 6.73. The number of hydrogen-bond acceptors (Lipinski definition) is 6. The second-order valence-corrected chi connectivity index (χ2v) is 4.55. The summed E-state index contributed by atoms with van der Waals surface area (Å²) in [6, 6.07) is 5.71. The number of halogens is 1. The molecule has 106 valence electrons. The van der Waals surface area contributed by atoms with Crippen molar-refractivity contribution in [1.82, 2.24) is 29.7 Å². The maximum absolute atomic E-state index is 5.91. The molecule has 3 aromatic rings. The van der Waals surface area contributed by atoms with Crippen molar-refractivity contribution in [2.24, 2.45) is 0 Å². The molecular formula is C13H12ClN7. The van der Waals surface area contributed by atoms with E-state index < -0.39 is 0 Å². The Balaban J connectivity index is 1.68. The number of hydrogen-bond donors (Lipinski definition) is 1. The molecule has 0 radical (unpaired) electrons. The van der Waals surface area contributed by atoms with Crippen LogP contribution in [0.15, 0.2) is 43.0 Å². The van der Waals surface area contributed by atoms with Crippen molar-refractivity contribution in [1.29, 1.82) is 0 Å². The molecular weight excluding hydrogens is 290 g/mol. The Bertz CT molecular complexity index is 700. The quantitative estimate of drug-likeness (QED) is 0.773. The molecule has 0 saturated heterocycles. The molecule has 21 heavy (non-hydrogen) atoms. The third-order valence-corrected chi connectivity index (χ3v) is 2.89. The number of aromatic nitrogens is 6. The summed E-state index contributed by atoms with van der Waals surface area (Å²) in [6.07, 6.45) is 7.78. The number of nitrogens with zero attached hydrogens (tertiary/aromatic N) is 6. The van der Waals surface area contributed by atoms with Gasteiger partial charge in [0.2, 0.25) is 11.2 Å². The topological polar surface area (TPSA) is 81.4 Å². The number of anilines is 1. The maximum atomic E-state index is 5.91. The Morgan fingerprint density at radius 2 is 2.10 bits per heavy atom. The molecule has 7 nitrogen and oxygen atoms in total. The van der Waals surface area contributed by atoms with Crippen LogP contribution >= 0.6 is 11.6 Å². The summed E-state index contributed by atoms with van der Waals surface area (Å²) in [5.41, 5.74) is 1.14. The second-order valence-electron chi connectivity index (χ2n) is 4.22. The smallest absolute Gasteiger partial charge is 0.256 e. The van der Waals surface area contributed by atoms with E-state index in [1.54, 1.807) is 24.7 Å². The van der Waals surface area contributed by atoms with E-state index in [0.29, 0.717) is 18.4 Å². The van der Waals surface area contributed by atoms with Crippen LogP contribution in [-0.4, -0.2) is 36.3 Å². The van der Waals surface area contributed by atoms with E-state index in [0.717, 1.165) is 12.0 Å². The molecule has 0 aromatic carbocycles. The molecule has 0 aliphatic heterocycles. The van der Waals surface area contributed by atoms with Crippen LogP contribution in [0, 0.1) is 0 Å². The van der Waals surface area contributed by atoms with Crippen molar-refractivity contribution in [2.75, 3.05) is 11.9 Å². The lowest BCUT2D eigenvalue weighted by Gasteiger charge is -2.06. The SMILES string of the molecule is Clc1nc(NCCc2cccnc2)nc(-n2cccn2)n1. The van der Waals surface area contributed by atoms with E-state index >= 15 is 0 Å². The van der Waals surface area contributed by atoms with Gasteiger partial charge in [-0.1, -0.05) is 6.07 Å². The van der Waals surface area contributed by atoms with Crippen molar-refractivity contribution in [3.63, 3.8) is 0 Å². The Morgan fingerprint density at radius 3 is 2.86 bits per heavy atom. The van der Waals surface area contributed by atoms with E-state index in [-0.39, 0.29) is 5.28 Å². The fraction of sp³-hybridized carbons (Fsp3) is 0.154. The average molecular weight is 302 g/mol. The van der Waals surface area contributed by atoms with Gasteiger partial charge < -0.3 is 5.32 Å². The highest BCUT2D eigenvalue weighted by Crippen LogP contribution is 2.09. The highest BCUT2D eigenvalue weighted by Gasteiger charge is 2.06. The van der Waals surface area contributed by atoms with E-state index in [1.165, 1.54) is 4.68 Å². The van der Waals surface area contributed by atoms with Crippen molar-refractivity contribution in [2.45, 2.75) is 6.42 Å². The molecule has 0 amide bonds. The molecule has 0 aliphatic rings. The Morgan fingerprint density at radius 1 is 1.14 bits per heavy atom. The van der Waals surface area contributed by atoms with E-state index in [9.17, 15) is 0 Å². The van der Waals surface area contributed by atoms with Crippen molar-refractivity contribution >= 4 is 17.5 Å². The average Bonchev–Trinajstić information content (AvgIpc) is 3.02. The van der Waals surface area contributed by atoms with Crippen LogP contribution in [0.5, 0.6) is 0 Å². The van der Waals surface area contributed by atoms with Crippen LogP contribution in [0.4, 0.5) is 5.95 Å². The van der Waals surface area contributed by atoms with Crippen LogP contribution in [0.1, 0.15) is 5.56 Å². The van der Waals surface area contributed by atoms with Gasteiger partial charge >= 0.3 is 0 Å². The minimum Gasteiger partial charge on any atom is -0.354 e. The minimum atomic E-state index is 0.124. The van der Waals surface area contributed by atoms with Crippen molar-refractivity contribution < 1.29 is 0 Å². The van der Waals surface area contributed by atoms with Gasteiger partial charge in [0.25, 0.3) is 5.95 Å². The molecule has 3 aromatic heterocycles. The summed E-state index contributed by atoms with van der Waals surface area (Å²) in [5.74, 6) is 0.799. The van der Waals surface area contributed by atoms with E-state index in [4.69, 9.17) is 11.6 Å². The number of rotatable bonds is 5. The minimum absolute atomic E-state index is 0.124. The molecule has 0 fully saturated rings. The molecule has 8 heteroatoms. The molecule has 3 heterocycles. The van der Waals surface area contributed by atoms with Gasteiger partial charge in [-0.3, -0.25) is 4.98 Å². The first-order chi connectivity index (χ1) is 10.3. The van der Waals surface area contributed by atoms with Gasteiger partial charge in [0.05, 0.1) is 0 Å². The Hall–Kier alpha value is -2.54. The normalized spacial score (nSPS) is 10.5. The van der Waals surface area contributed by atoms with Crippen LogP contribution in [0.25, 0.3) is 5.95 Å². The highest BCUT2D eigenvalue weighted by molar-refractivity contribution is 6.28. The van der Waals surface area contributed by atoms with Crippen LogP contribution in [0.3, 0.4) is 0 Å². The molecule has 0 spiro atoms. The zero-order valence-corrected chi connectivity index (χ0v) is 11.8. The predicted octanol–water partition coefficient (Wildman–Crippen LogP) is 1.76. The maximum Gasteiger partial charge on any atom is 0.256 e. The summed E-state index contributed by atoms with van der Waals surface area (Å²) in [5, 5.41) is 7.31. The lowest BCUT2D eigenvalue weighted by Crippen LogP contribution is -2.11. The summed E-state index contributed by atoms with van der Waals surface area (Å²) in [4.78, 5) is 16.4. The molecule has 1 N–H and O–H groups in total. The summed E-state index contributed by atoms with van der Waals surface area (Å²) < 4.78 is 1.53. The fourth-order valence-electron chi connectivity index (χ4n) is 1.77. The molecule has 0 unspecified atom stereocenters. The van der Waals surface area contributed by atoms with Crippen molar-refractivity contribution in [3.8, 4) is 5.95 Å². The van der Waals surface area contributed by atoms with E-state index in [1.807, 2.05) is 18.3 Å². The summed E-state index contributed by atoms with van der Waals surface area (Å²) in [6.45, 7) is 0.671. The van der Waals surface area contributed by atoms with Crippen molar-refractivity contribution in [3.05, 3.63) is 53.8 Å². The summed E-state index contributed by atoms with van der Waals surface area (Å²) >= 11 is 5.91. The van der Waals surface area contributed by atoms with Gasteiger partial charge in [0.1, 0.15) is 0 Å². The fourth-order valence-corrected chi connectivity index (χ4v) is 1.93. The van der Waals surface area contributed by atoms with Gasteiger partial charge in [-0.25, -0.2) is 4.68 Å². The lowest BCUT2D eigenvalue weighted by atomic mass is 10.2. The first-order valence-electron chi connectivity index (χ1n) is 6.35. The zero-order valence-electron chi connectivity index (χ0n) is 11.0. The third-order valence-electron chi connectivity index (χ3n) is 2.73. The molecule has 3 rings (SSSR count). The van der Waals surface area contributed by atoms with Gasteiger partial charge in [-0.2, -0.15) is 20.1 Å². The first kappa shape index (κ1) is 13.4. The Labute approximate surface area is 126 Å². The summed E-state index contributed by atoms with van der Waals surface area (Å²) in [7, 11) is 0. The molecule has 0 aliphatic carbocycles. The van der Waals surface area contributed by atoms with Gasteiger partial charge in [0.15, 0.2) is 0 Å². The highest BCUT2D eigenvalue weighted by atomic mass is 35.5. The van der Waals surface area contributed by atoms with Gasteiger partial charge in [-0.15, -0.1) is 0 Å².